The van der Waals surface area contributed by atoms with Crippen LogP contribution >= 0.6 is 11.6 Å². The van der Waals surface area contributed by atoms with Crippen LogP contribution in [0.5, 0.6) is 11.5 Å². The predicted molar refractivity (Wildman–Crippen MR) is 123 cm³/mol. The van der Waals surface area contributed by atoms with Gasteiger partial charge in [-0.15, -0.1) is 0 Å². The van der Waals surface area contributed by atoms with Crippen molar-refractivity contribution in [3.05, 3.63) is 71.4 Å². The highest BCUT2D eigenvalue weighted by molar-refractivity contribution is 7.91. The molecule has 2 atom stereocenters. The number of benzene rings is 2. The van der Waals surface area contributed by atoms with E-state index in [1.807, 2.05) is 24.3 Å². The van der Waals surface area contributed by atoms with Crippen LogP contribution in [-0.4, -0.2) is 49.5 Å². The molecule has 33 heavy (non-hydrogen) atoms. The molecule has 3 heterocycles. The van der Waals surface area contributed by atoms with Crippen molar-refractivity contribution in [1.82, 2.24) is 4.90 Å². The maximum Gasteiger partial charge on any atom is 0.267 e. The van der Waals surface area contributed by atoms with E-state index < -0.39 is 22.0 Å². The summed E-state index contributed by atoms with van der Waals surface area (Å²) in [7, 11) is -3.20. The second-order valence-electron chi connectivity index (χ2n) is 8.16. The normalized spacial score (nSPS) is 21.0. The number of rotatable bonds is 5. The van der Waals surface area contributed by atoms with E-state index in [0.29, 0.717) is 34.5 Å². The van der Waals surface area contributed by atoms with E-state index in [-0.39, 0.29) is 30.6 Å². The predicted octanol–water partition coefficient (Wildman–Crippen LogP) is 3.96. The molecule has 1 amide bonds. The largest absolute Gasteiger partial charge is 0.485 e. The molecule has 2 aromatic carbocycles. The number of hydrogen-bond donors (Lipinski definition) is 0. The Kier molecular flexibility index (Phi) is 5.80. The van der Waals surface area contributed by atoms with Gasteiger partial charge in [0.15, 0.2) is 21.3 Å². The molecule has 3 aromatic rings. The van der Waals surface area contributed by atoms with Gasteiger partial charge in [-0.3, -0.25) is 4.79 Å². The zero-order chi connectivity index (χ0) is 23.0. The van der Waals surface area contributed by atoms with Gasteiger partial charge in [0.05, 0.1) is 18.1 Å². The Morgan fingerprint density at radius 3 is 2.64 bits per heavy atom. The number of amides is 1. The summed E-state index contributed by atoms with van der Waals surface area (Å²) in [5, 5.41) is 0.591. The molecule has 172 valence electrons. The van der Waals surface area contributed by atoms with E-state index >= 15 is 0 Å². The zero-order valence-corrected chi connectivity index (χ0v) is 19.2. The van der Waals surface area contributed by atoms with Gasteiger partial charge < -0.3 is 18.8 Å². The highest BCUT2D eigenvalue weighted by Gasteiger charge is 2.39. The SMILES string of the molecule is O=C([C@@H]1COc2ccccc2O1)N(Cc1ccc(-c2cccc(Cl)c2)o1)[C@@H]1CCS(=O)(=O)C1. The Morgan fingerprint density at radius 1 is 1.06 bits per heavy atom. The summed E-state index contributed by atoms with van der Waals surface area (Å²) in [5.41, 5.74) is 0.815. The van der Waals surface area contributed by atoms with E-state index in [2.05, 4.69) is 0 Å². The Balaban J connectivity index is 1.39. The van der Waals surface area contributed by atoms with Gasteiger partial charge in [0, 0.05) is 16.6 Å². The van der Waals surface area contributed by atoms with Gasteiger partial charge in [-0.25, -0.2) is 8.42 Å². The summed E-state index contributed by atoms with van der Waals surface area (Å²) < 4.78 is 41.9. The molecular weight excluding hydrogens is 466 g/mol. The summed E-state index contributed by atoms with van der Waals surface area (Å²) in [6.07, 6.45) is -0.495. The lowest BCUT2D eigenvalue weighted by molar-refractivity contribution is -0.144. The van der Waals surface area contributed by atoms with Crippen molar-refractivity contribution in [3.63, 3.8) is 0 Å². The van der Waals surface area contributed by atoms with Crippen molar-refractivity contribution in [1.29, 1.82) is 0 Å². The van der Waals surface area contributed by atoms with Crippen LogP contribution in [0.1, 0.15) is 12.2 Å². The van der Waals surface area contributed by atoms with Crippen molar-refractivity contribution in [2.75, 3.05) is 18.1 Å². The summed E-state index contributed by atoms with van der Waals surface area (Å²) in [6.45, 7) is 0.179. The van der Waals surface area contributed by atoms with Gasteiger partial charge in [-0.1, -0.05) is 35.9 Å². The van der Waals surface area contributed by atoms with Gasteiger partial charge in [0.25, 0.3) is 5.91 Å². The third-order valence-corrected chi connectivity index (χ3v) is 7.80. The zero-order valence-electron chi connectivity index (χ0n) is 17.6. The molecule has 0 aliphatic carbocycles. The Morgan fingerprint density at radius 2 is 1.88 bits per heavy atom. The molecule has 0 saturated carbocycles. The van der Waals surface area contributed by atoms with Crippen LogP contribution in [0, 0.1) is 0 Å². The fourth-order valence-electron chi connectivity index (χ4n) is 4.16. The highest BCUT2D eigenvalue weighted by Crippen LogP contribution is 2.33. The first-order valence-electron chi connectivity index (χ1n) is 10.6. The minimum absolute atomic E-state index is 0.0533. The van der Waals surface area contributed by atoms with Crippen LogP contribution in [-0.2, 0) is 21.2 Å². The topological polar surface area (TPSA) is 86.1 Å². The van der Waals surface area contributed by atoms with Gasteiger partial charge in [0.1, 0.15) is 18.1 Å². The van der Waals surface area contributed by atoms with Crippen molar-refractivity contribution in [3.8, 4) is 22.8 Å². The lowest BCUT2D eigenvalue weighted by atomic mass is 10.1. The number of carbonyl (C=O) groups excluding carboxylic acids is 1. The monoisotopic (exact) mass is 487 g/mol. The summed E-state index contributed by atoms with van der Waals surface area (Å²) in [5.74, 6) is 1.87. The van der Waals surface area contributed by atoms with E-state index in [0.717, 1.165) is 5.56 Å². The average Bonchev–Trinajstić information content (AvgIpc) is 3.42. The number of nitrogens with zero attached hydrogens (tertiary/aromatic N) is 1. The molecule has 0 unspecified atom stereocenters. The number of furan rings is 1. The van der Waals surface area contributed by atoms with Crippen molar-refractivity contribution >= 4 is 27.3 Å². The number of sulfone groups is 1. The van der Waals surface area contributed by atoms with Gasteiger partial charge in [-0.2, -0.15) is 0 Å². The lowest BCUT2D eigenvalue weighted by Gasteiger charge is -2.33. The maximum atomic E-state index is 13.5. The fraction of sp³-hybridized carbons (Fsp3) is 0.292. The molecule has 0 radical (unpaired) electrons. The third kappa shape index (κ3) is 4.72. The molecular formula is C24H22ClNO6S. The molecule has 2 aliphatic heterocycles. The van der Waals surface area contributed by atoms with Gasteiger partial charge in [0.2, 0.25) is 6.10 Å². The second-order valence-corrected chi connectivity index (χ2v) is 10.8. The number of fused-ring (bicyclic) bond motifs is 1. The van der Waals surface area contributed by atoms with Crippen molar-refractivity contribution in [2.24, 2.45) is 0 Å². The highest BCUT2D eigenvalue weighted by atomic mass is 35.5. The molecule has 7 nitrogen and oxygen atoms in total. The summed E-state index contributed by atoms with van der Waals surface area (Å²) in [6, 6.07) is 17.6. The quantitative estimate of drug-likeness (QED) is 0.541. The standard InChI is InChI=1S/C24H22ClNO6S/c25-17-5-3-4-16(12-17)20-9-8-19(31-20)13-26(18-10-11-33(28,29)15-18)24(27)23-14-30-21-6-1-2-7-22(21)32-23/h1-9,12,18,23H,10-11,13-15H2/t18-,23+/m1/s1. The average molecular weight is 488 g/mol. The first-order chi connectivity index (χ1) is 15.9. The Labute approximate surface area is 196 Å². The lowest BCUT2D eigenvalue weighted by Crippen LogP contribution is -2.50. The molecule has 5 rings (SSSR count). The first-order valence-corrected chi connectivity index (χ1v) is 12.8. The number of ether oxygens (including phenoxy) is 2. The summed E-state index contributed by atoms with van der Waals surface area (Å²) >= 11 is 6.09. The molecule has 1 fully saturated rings. The number of para-hydroxylation sites is 2. The minimum Gasteiger partial charge on any atom is -0.485 e. The minimum atomic E-state index is -3.20. The van der Waals surface area contributed by atoms with Crippen LogP contribution in [0.15, 0.2) is 65.1 Å². The van der Waals surface area contributed by atoms with E-state index in [1.165, 1.54) is 0 Å². The third-order valence-electron chi connectivity index (χ3n) is 5.81. The second kappa shape index (κ2) is 8.76. The fourth-order valence-corrected chi connectivity index (χ4v) is 6.08. The number of carbonyl (C=O) groups is 1. The molecule has 9 heteroatoms. The van der Waals surface area contributed by atoms with Crippen LogP contribution in [0.25, 0.3) is 11.3 Å². The molecule has 2 aliphatic rings. The molecule has 0 spiro atoms. The molecule has 1 aromatic heterocycles. The van der Waals surface area contributed by atoms with E-state index in [1.54, 1.807) is 41.3 Å². The Hall–Kier alpha value is -2.97. The molecule has 0 bridgehead atoms. The molecule has 0 N–H and O–H groups in total. The molecule has 1 saturated heterocycles. The van der Waals surface area contributed by atoms with E-state index in [4.69, 9.17) is 25.5 Å². The van der Waals surface area contributed by atoms with Gasteiger partial charge in [-0.05, 0) is 42.8 Å². The summed E-state index contributed by atoms with van der Waals surface area (Å²) in [4.78, 5) is 15.0. The number of hydrogen-bond acceptors (Lipinski definition) is 6. The van der Waals surface area contributed by atoms with Crippen molar-refractivity contribution < 1.29 is 27.1 Å². The van der Waals surface area contributed by atoms with Gasteiger partial charge >= 0.3 is 0 Å². The number of halogens is 1. The van der Waals surface area contributed by atoms with Crippen LogP contribution in [0.2, 0.25) is 5.02 Å². The maximum absolute atomic E-state index is 13.5. The van der Waals surface area contributed by atoms with Crippen LogP contribution < -0.4 is 9.47 Å². The smallest absolute Gasteiger partial charge is 0.267 e. The first kappa shape index (κ1) is 21.9. The van der Waals surface area contributed by atoms with E-state index in [9.17, 15) is 13.2 Å². The Bertz CT molecular complexity index is 1290. The van der Waals surface area contributed by atoms with Crippen molar-refractivity contribution in [2.45, 2.75) is 25.1 Å². The van der Waals surface area contributed by atoms with Crippen LogP contribution in [0.3, 0.4) is 0 Å². The van der Waals surface area contributed by atoms with Crippen LogP contribution in [0.4, 0.5) is 0 Å².